The Morgan fingerprint density at radius 2 is 1.83 bits per heavy atom. The van der Waals surface area contributed by atoms with Gasteiger partial charge in [-0.3, -0.25) is 0 Å². The number of halogens is 2. The van der Waals surface area contributed by atoms with Gasteiger partial charge in [-0.25, -0.2) is 0 Å². The summed E-state index contributed by atoms with van der Waals surface area (Å²) in [6, 6.07) is 16.1. The molecule has 0 radical (unpaired) electrons. The highest BCUT2D eigenvalue weighted by Gasteiger charge is 2.21. The maximum Gasteiger partial charge on any atom is 0.0937 e. The van der Waals surface area contributed by atoms with Crippen LogP contribution in [0.25, 0.3) is 11.6 Å². The topological polar surface area (TPSA) is 26.0 Å². The Kier molecular flexibility index (Phi) is 4.13. The van der Waals surface area contributed by atoms with Gasteiger partial charge in [-0.1, -0.05) is 41.4 Å². The number of benzene rings is 2. The molecule has 0 aliphatic heterocycles. The summed E-state index contributed by atoms with van der Waals surface area (Å²) in [7, 11) is 0. The van der Waals surface area contributed by atoms with Gasteiger partial charge in [-0.05, 0) is 77.1 Å². The maximum atomic E-state index is 6.30. The molecular weight excluding hydrogens is 357 g/mol. The van der Waals surface area contributed by atoms with Crippen molar-refractivity contribution in [3.8, 4) is 0 Å². The van der Waals surface area contributed by atoms with Crippen molar-refractivity contribution in [2.45, 2.75) is 12.8 Å². The van der Waals surface area contributed by atoms with Crippen LogP contribution < -0.4 is 5.73 Å². The Bertz CT molecular complexity index is 956. The number of anilines is 1. The summed E-state index contributed by atoms with van der Waals surface area (Å²) < 4.78 is 0.830. The van der Waals surface area contributed by atoms with Gasteiger partial charge in [0.15, 0.2) is 0 Å². The highest BCUT2D eigenvalue weighted by atomic mass is 35.5. The molecule has 2 N–H and O–H groups in total. The molecule has 0 saturated carbocycles. The lowest BCUT2D eigenvalue weighted by Gasteiger charge is -2.11. The zero-order valence-corrected chi connectivity index (χ0v) is 15.2. The molecule has 24 heavy (non-hydrogen) atoms. The average molecular weight is 372 g/mol. The summed E-state index contributed by atoms with van der Waals surface area (Å²) in [5, 5.41) is 0.778. The van der Waals surface area contributed by atoms with Crippen molar-refractivity contribution in [3.63, 3.8) is 0 Å². The van der Waals surface area contributed by atoms with Crippen LogP contribution in [0.2, 0.25) is 9.36 Å². The third-order valence-corrected chi connectivity index (χ3v) is 5.83. The fourth-order valence-corrected chi connectivity index (χ4v) is 4.68. The fraction of sp³-hybridized carbons (Fsp3) is 0.100. The van der Waals surface area contributed by atoms with Gasteiger partial charge in [0.2, 0.25) is 0 Å². The van der Waals surface area contributed by atoms with Crippen molar-refractivity contribution in [2.75, 3.05) is 5.73 Å². The van der Waals surface area contributed by atoms with Crippen molar-refractivity contribution in [3.05, 3.63) is 85.0 Å². The Morgan fingerprint density at radius 3 is 2.67 bits per heavy atom. The van der Waals surface area contributed by atoms with Crippen molar-refractivity contribution < 1.29 is 0 Å². The SMILES string of the molecule is Nc1cccc(C=C2c3ccc(Cl)cc3CCc3sc(Cl)cc32)c1. The van der Waals surface area contributed by atoms with Crippen LogP contribution >= 0.6 is 34.5 Å². The monoisotopic (exact) mass is 371 g/mol. The zero-order valence-electron chi connectivity index (χ0n) is 12.9. The molecule has 1 aliphatic carbocycles. The van der Waals surface area contributed by atoms with E-state index < -0.39 is 0 Å². The van der Waals surface area contributed by atoms with E-state index in [-0.39, 0.29) is 0 Å². The highest BCUT2D eigenvalue weighted by Crippen LogP contribution is 2.41. The van der Waals surface area contributed by atoms with E-state index >= 15 is 0 Å². The number of fused-ring (bicyclic) bond motifs is 2. The Labute approximate surface area is 155 Å². The van der Waals surface area contributed by atoms with E-state index in [1.54, 1.807) is 11.3 Å². The molecule has 0 unspecified atom stereocenters. The van der Waals surface area contributed by atoms with Gasteiger partial charge >= 0.3 is 0 Å². The van der Waals surface area contributed by atoms with Crippen LogP contribution in [0.1, 0.15) is 27.1 Å². The summed E-state index contributed by atoms with van der Waals surface area (Å²) in [6.07, 6.45) is 4.14. The van der Waals surface area contributed by atoms with Crippen molar-refractivity contribution in [2.24, 2.45) is 0 Å². The van der Waals surface area contributed by atoms with E-state index in [0.29, 0.717) is 0 Å². The van der Waals surface area contributed by atoms with E-state index in [1.807, 2.05) is 24.3 Å². The van der Waals surface area contributed by atoms with Gasteiger partial charge in [0.1, 0.15) is 0 Å². The molecule has 0 bridgehead atoms. The van der Waals surface area contributed by atoms with Gasteiger partial charge in [0.25, 0.3) is 0 Å². The molecule has 0 fully saturated rings. The van der Waals surface area contributed by atoms with Crippen LogP contribution in [-0.4, -0.2) is 0 Å². The molecule has 0 amide bonds. The first kappa shape index (κ1) is 15.8. The van der Waals surface area contributed by atoms with Gasteiger partial charge in [0, 0.05) is 15.6 Å². The summed E-state index contributed by atoms with van der Waals surface area (Å²) in [5.74, 6) is 0. The summed E-state index contributed by atoms with van der Waals surface area (Å²) in [6.45, 7) is 0. The summed E-state index contributed by atoms with van der Waals surface area (Å²) >= 11 is 14.2. The molecule has 4 rings (SSSR count). The molecule has 1 aromatic heterocycles. The van der Waals surface area contributed by atoms with Crippen molar-refractivity contribution in [1.29, 1.82) is 0 Å². The van der Waals surface area contributed by atoms with Crippen LogP contribution in [0.5, 0.6) is 0 Å². The maximum absolute atomic E-state index is 6.30. The number of aryl methyl sites for hydroxylation is 2. The van der Waals surface area contributed by atoms with E-state index in [4.69, 9.17) is 28.9 Å². The van der Waals surface area contributed by atoms with E-state index in [2.05, 4.69) is 30.3 Å². The second-order valence-corrected chi connectivity index (χ2v) is 8.12. The molecule has 0 spiro atoms. The Morgan fingerprint density at radius 1 is 0.958 bits per heavy atom. The molecule has 3 aromatic rings. The average Bonchev–Trinajstić information content (AvgIpc) is 2.86. The molecule has 0 saturated heterocycles. The Balaban J connectivity index is 1.96. The lowest BCUT2D eigenvalue weighted by Crippen LogP contribution is -1.92. The van der Waals surface area contributed by atoms with Crippen LogP contribution in [0.15, 0.2) is 48.5 Å². The van der Waals surface area contributed by atoms with Crippen molar-refractivity contribution in [1.82, 2.24) is 0 Å². The number of nitrogen functional groups attached to an aromatic ring is 1. The molecule has 1 aliphatic rings. The zero-order chi connectivity index (χ0) is 16.7. The summed E-state index contributed by atoms with van der Waals surface area (Å²) in [4.78, 5) is 1.32. The molecule has 1 heterocycles. The number of hydrogen-bond acceptors (Lipinski definition) is 2. The quantitative estimate of drug-likeness (QED) is 0.497. The van der Waals surface area contributed by atoms with Crippen LogP contribution in [0.3, 0.4) is 0 Å². The third kappa shape index (κ3) is 2.98. The molecule has 1 nitrogen and oxygen atoms in total. The highest BCUT2D eigenvalue weighted by molar-refractivity contribution is 7.16. The van der Waals surface area contributed by atoms with Gasteiger partial charge in [0.05, 0.1) is 4.34 Å². The smallest absolute Gasteiger partial charge is 0.0937 e. The molecule has 120 valence electrons. The predicted molar refractivity (Wildman–Crippen MR) is 106 cm³/mol. The van der Waals surface area contributed by atoms with Crippen LogP contribution in [0.4, 0.5) is 5.69 Å². The first-order valence-electron chi connectivity index (χ1n) is 7.75. The fourth-order valence-electron chi connectivity index (χ4n) is 3.21. The Hall–Kier alpha value is -1.74. The van der Waals surface area contributed by atoms with Crippen LogP contribution in [0, 0.1) is 0 Å². The number of thiophene rings is 1. The lowest BCUT2D eigenvalue weighted by molar-refractivity contribution is 0.985. The van der Waals surface area contributed by atoms with E-state index in [1.165, 1.54) is 27.1 Å². The minimum atomic E-state index is 0.762. The number of rotatable bonds is 1. The lowest BCUT2D eigenvalue weighted by atomic mass is 9.94. The van der Waals surface area contributed by atoms with Crippen molar-refractivity contribution >= 4 is 51.9 Å². The van der Waals surface area contributed by atoms with Gasteiger partial charge in [-0.2, -0.15) is 0 Å². The molecule has 0 atom stereocenters. The second kappa shape index (κ2) is 6.29. The number of nitrogens with two attached hydrogens (primary N) is 1. The van der Waals surface area contributed by atoms with Crippen LogP contribution in [-0.2, 0) is 12.8 Å². The van der Waals surface area contributed by atoms with E-state index in [0.717, 1.165) is 33.5 Å². The normalized spacial score (nSPS) is 15.0. The van der Waals surface area contributed by atoms with E-state index in [9.17, 15) is 0 Å². The second-order valence-electron chi connectivity index (χ2n) is 5.92. The molecule has 2 aromatic carbocycles. The minimum absolute atomic E-state index is 0.762. The molecule has 4 heteroatoms. The van der Waals surface area contributed by atoms with Gasteiger partial charge in [-0.15, -0.1) is 11.3 Å². The predicted octanol–water partition coefficient (Wildman–Crippen LogP) is 6.32. The first-order chi connectivity index (χ1) is 11.6. The third-order valence-electron chi connectivity index (χ3n) is 4.27. The van der Waals surface area contributed by atoms with Gasteiger partial charge < -0.3 is 5.73 Å². The summed E-state index contributed by atoms with van der Waals surface area (Å²) in [5.41, 5.74) is 12.7. The molecular formula is C20H15Cl2NS. The minimum Gasteiger partial charge on any atom is -0.399 e. The largest absolute Gasteiger partial charge is 0.399 e. The standard InChI is InChI=1S/C20H15Cl2NS/c21-14-5-6-16-13(10-14)4-7-19-18(11-20(22)24-19)17(16)9-12-2-1-3-15(23)8-12/h1-3,5-6,8-11H,4,7,23H2. The first-order valence-corrected chi connectivity index (χ1v) is 9.32. The number of hydrogen-bond donors (Lipinski definition) is 1.